The minimum absolute atomic E-state index is 0.238. The number of rotatable bonds is 10. The van der Waals surface area contributed by atoms with Gasteiger partial charge in [-0.15, -0.1) is 0 Å². The summed E-state index contributed by atoms with van der Waals surface area (Å²) in [6.07, 6.45) is 2.43. The summed E-state index contributed by atoms with van der Waals surface area (Å²) < 4.78 is 37.6. The molecule has 0 aromatic heterocycles. The van der Waals surface area contributed by atoms with Crippen LogP contribution >= 0.6 is 39.1 Å². The SMILES string of the molecule is COc1cc(/C=N\NC(=O)CN(c2ccc(Cl)cc2C)S(C)(=O)=O)cc(Br)c1OCc1ccccc1Cl. The summed E-state index contributed by atoms with van der Waals surface area (Å²) in [6, 6.07) is 15.5. The van der Waals surface area contributed by atoms with Crippen molar-refractivity contribution in [3.63, 3.8) is 0 Å². The molecule has 3 aromatic rings. The number of aryl methyl sites for hydroxylation is 1. The first-order chi connectivity index (χ1) is 17.5. The molecule has 0 aliphatic carbocycles. The summed E-state index contributed by atoms with van der Waals surface area (Å²) in [4.78, 5) is 12.5. The number of ether oxygens (including phenoxy) is 2. The second-order valence-corrected chi connectivity index (χ2v) is 11.5. The van der Waals surface area contributed by atoms with Crippen LogP contribution in [0, 0.1) is 6.92 Å². The molecule has 12 heteroatoms. The first-order valence-corrected chi connectivity index (χ1v) is 14.2. The number of halogens is 3. The van der Waals surface area contributed by atoms with Gasteiger partial charge in [0.1, 0.15) is 13.2 Å². The second-order valence-electron chi connectivity index (χ2n) is 7.91. The van der Waals surface area contributed by atoms with E-state index in [1.807, 2.05) is 18.2 Å². The number of hydrazone groups is 1. The number of carbonyl (C=O) groups is 1. The van der Waals surface area contributed by atoms with Crippen LogP contribution in [0.15, 0.2) is 64.2 Å². The summed E-state index contributed by atoms with van der Waals surface area (Å²) in [5, 5.41) is 5.02. The zero-order valence-electron chi connectivity index (χ0n) is 20.2. The largest absolute Gasteiger partial charge is 0.493 e. The average Bonchev–Trinajstić information content (AvgIpc) is 2.82. The third kappa shape index (κ3) is 7.85. The van der Waals surface area contributed by atoms with Crippen molar-refractivity contribution in [3.8, 4) is 11.5 Å². The van der Waals surface area contributed by atoms with Gasteiger partial charge in [-0.2, -0.15) is 5.10 Å². The molecule has 0 fully saturated rings. The molecule has 3 aromatic carbocycles. The van der Waals surface area contributed by atoms with Gasteiger partial charge in [-0.1, -0.05) is 41.4 Å². The van der Waals surface area contributed by atoms with E-state index in [-0.39, 0.29) is 6.61 Å². The smallest absolute Gasteiger partial charge is 0.260 e. The summed E-state index contributed by atoms with van der Waals surface area (Å²) in [6.45, 7) is 1.49. The number of sulfonamides is 1. The highest BCUT2D eigenvalue weighted by molar-refractivity contribution is 9.10. The maximum absolute atomic E-state index is 12.5. The second kappa shape index (κ2) is 12.6. The first kappa shape index (κ1) is 28.8. The van der Waals surface area contributed by atoms with E-state index in [1.54, 1.807) is 43.3 Å². The van der Waals surface area contributed by atoms with Crippen LogP contribution in [0.3, 0.4) is 0 Å². The highest BCUT2D eigenvalue weighted by atomic mass is 79.9. The quantitative estimate of drug-likeness (QED) is 0.234. The molecule has 1 N–H and O–H groups in total. The predicted octanol–water partition coefficient (Wildman–Crippen LogP) is 5.57. The topological polar surface area (TPSA) is 97.3 Å². The van der Waals surface area contributed by atoms with E-state index in [1.165, 1.54) is 13.3 Å². The van der Waals surface area contributed by atoms with Crippen LogP contribution in [-0.4, -0.2) is 40.4 Å². The fourth-order valence-electron chi connectivity index (χ4n) is 3.34. The highest BCUT2D eigenvalue weighted by Gasteiger charge is 2.22. The van der Waals surface area contributed by atoms with Crippen molar-refractivity contribution >= 4 is 67.0 Å². The van der Waals surface area contributed by atoms with Crippen molar-refractivity contribution in [2.75, 3.05) is 24.2 Å². The zero-order valence-corrected chi connectivity index (χ0v) is 24.1. The standard InChI is InChI=1S/C25H24BrCl2N3O5S/c1-16-10-19(27)8-9-22(16)31(37(3,33)34)14-24(32)30-29-13-17-11-20(26)25(23(12-17)35-2)36-15-18-6-4-5-7-21(18)28/h4-13H,14-15H2,1-3H3,(H,30,32)/b29-13-. The van der Waals surface area contributed by atoms with Crippen LogP contribution in [-0.2, 0) is 21.4 Å². The number of nitrogens with zero attached hydrogens (tertiary/aromatic N) is 2. The maximum atomic E-state index is 12.5. The van der Waals surface area contributed by atoms with Gasteiger partial charge in [0, 0.05) is 15.6 Å². The average molecular weight is 629 g/mol. The Balaban J connectivity index is 1.70. The number of carbonyl (C=O) groups excluding carboxylic acids is 1. The number of methoxy groups -OCH3 is 1. The Labute approximate surface area is 234 Å². The van der Waals surface area contributed by atoms with Crippen LogP contribution in [0.1, 0.15) is 16.7 Å². The van der Waals surface area contributed by atoms with Gasteiger partial charge >= 0.3 is 0 Å². The molecule has 0 atom stereocenters. The molecule has 0 saturated heterocycles. The molecule has 0 unspecified atom stereocenters. The number of hydrogen-bond donors (Lipinski definition) is 1. The molecular formula is C25H24BrCl2N3O5S. The van der Waals surface area contributed by atoms with E-state index < -0.39 is 22.5 Å². The van der Waals surface area contributed by atoms with E-state index in [4.69, 9.17) is 32.7 Å². The lowest BCUT2D eigenvalue weighted by atomic mass is 10.2. The Bertz CT molecular complexity index is 1430. The third-order valence-corrected chi connectivity index (χ3v) is 7.42. The molecule has 8 nitrogen and oxygen atoms in total. The highest BCUT2D eigenvalue weighted by Crippen LogP contribution is 2.37. The van der Waals surface area contributed by atoms with Crippen LogP contribution in [0.2, 0.25) is 10.0 Å². The lowest BCUT2D eigenvalue weighted by Crippen LogP contribution is -2.39. The van der Waals surface area contributed by atoms with Crippen molar-refractivity contribution in [1.29, 1.82) is 0 Å². The van der Waals surface area contributed by atoms with Crippen LogP contribution in [0.4, 0.5) is 5.69 Å². The van der Waals surface area contributed by atoms with Gasteiger partial charge in [-0.25, -0.2) is 13.8 Å². The molecule has 0 radical (unpaired) electrons. The molecule has 0 spiro atoms. The number of nitrogens with one attached hydrogen (secondary N) is 1. The number of anilines is 1. The number of hydrogen-bond acceptors (Lipinski definition) is 6. The molecule has 37 heavy (non-hydrogen) atoms. The monoisotopic (exact) mass is 627 g/mol. The van der Waals surface area contributed by atoms with E-state index in [0.29, 0.717) is 42.8 Å². The van der Waals surface area contributed by atoms with Gasteiger partial charge in [0.25, 0.3) is 5.91 Å². The molecule has 0 saturated carbocycles. The molecule has 3 rings (SSSR count). The van der Waals surface area contributed by atoms with E-state index in [9.17, 15) is 13.2 Å². The zero-order chi connectivity index (χ0) is 27.2. The fraction of sp³-hybridized carbons (Fsp3) is 0.200. The summed E-state index contributed by atoms with van der Waals surface area (Å²) in [5.41, 5.74) is 4.74. The lowest BCUT2D eigenvalue weighted by molar-refractivity contribution is -0.119. The molecule has 0 aliphatic heterocycles. The van der Waals surface area contributed by atoms with Gasteiger partial charge in [0.2, 0.25) is 10.0 Å². The fourth-order valence-corrected chi connectivity index (χ4v) is 5.25. The summed E-state index contributed by atoms with van der Waals surface area (Å²) in [7, 11) is -2.24. The van der Waals surface area contributed by atoms with Crippen molar-refractivity contribution in [3.05, 3.63) is 85.8 Å². The predicted molar refractivity (Wildman–Crippen MR) is 151 cm³/mol. The summed E-state index contributed by atoms with van der Waals surface area (Å²) in [5.74, 6) is 0.295. The van der Waals surface area contributed by atoms with Gasteiger partial charge in [-0.3, -0.25) is 9.10 Å². The minimum Gasteiger partial charge on any atom is -0.493 e. The molecule has 196 valence electrons. The lowest BCUT2D eigenvalue weighted by Gasteiger charge is -2.23. The van der Waals surface area contributed by atoms with Crippen molar-refractivity contribution < 1.29 is 22.7 Å². The van der Waals surface area contributed by atoms with E-state index in [2.05, 4.69) is 26.5 Å². The number of benzene rings is 3. The summed E-state index contributed by atoms with van der Waals surface area (Å²) >= 11 is 15.6. The van der Waals surface area contributed by atoms with Gasteiger partial charge in [0.15, 0.2) is 11.5 Å². The first-order valence-electron chi connectivity index (χ1n) is 10.8. The minimum atomic E-state index is -3.74. The molecule has 0 bridgehead atoms. The molecular weight excluding hydrogens is 605 g/mol. The Morgan fingerprint density at radius 2 is 1.89 bits per heavy atom. The van der Waals surface area contributed by atoms with Crippen molar-refractivity contribution in [1.82, 2.24) is 5.43 Å². The maximum Gasteiger partial charge on any atom is 0.260 e. The molecule has 0 heterocycles. The number of amides is 1. The Morgan fingerprint density at radius 1 is 1.16 bits per heavy atom. The Hall–Kier alpha value is -2.79. The van der Waals surface area contributed by atoms with E-state index >= 15 is 0 Å². The normalized spacial score (nSPS) is 11.4. The van der Waals surface area contributed by atoms with Crippen LogP contribution in [0.5, 0.6) is 11.5 Å². The van der Waals surface area contributed by atoms with Crippen molar-refractivity contribution in [2.45, 2.75) is 13.5 Å². The van der Waals surface area contributed by atoms with Gasteiger partial charge < -0.3 is 9.47 Å². The molecule has 0 aliphatic rings. The van der Waals surface area contributed by atoms with E-state index in [0.717, 1.165) is 16.1 Å². The van der Waals surface area contributed by atoms with Crippen LogP contribution in [0.25, 0.3) is 0 Å². The van der Waals surface area contributed by atoms with Crippen LogP contribution < -0.4 is 19.2 Å². The Kier molecular flexibility index (Phi) is 9.83. The van der Waals surface area contributed by atoms with Gasteiger partial charge in [-0.05, 0) is 70.4 Å². The van der Waals surface area contributed by atoms with Crippen molar-refractivity contribution in [2.24, 2.45) is 5.10 Å². The third-order valence-electron chi connectivity index (χ3n) is 5.10. The van der Waals surface area contributed by atoms with Gasteiger partial charge in [0.05, 0.1) is 29.7 Å². The molecule has 1 amide bonds. The Morgan fingerprint density at radius 3 is 2.54 bits per heavy atom.